The summed E-state index contributed by atoms with van der Waals surface area (Å²) in [5, 5.41) is 2.96. The molecule has 1 aliphatic heterocycles. The van der Waals surface area contributed by atoms with Crippen LogP contribution in [0.25, 0.3) is 0 Å². The SMILES string of the molecule is Cc1cc(C(=O)CCC(=O)Nc2ccccc2N2CCOCC2)c(C)s1. The summed E-state index contributed by atoms with van der Waals surface area (Å²) < 4.78 is 5.39. The highest BCUT2D eigenvalue weighted by atomic mass is 32.1. The smallest absolute Gasteiger partial charge is 0.224 e. The lowest BCUT2D eigenvalue weighted by molar-refractivity contribution is -0.116. The molecule has 2 aromatic rings. The fourth-order valence-electron chi connectivity index (χ4n) is 3.14. The number of nitrogens with one attached hydrogen (secondary N) is 1. The van der Waals surface area contributed by atoms with Crippen LogP contribution in [0.15, 0.2) is 30.3 Å². The number of ketones is 1. The number of nitrogens with zero attached hydrogens (tertiary/aromatic N) is 1. The molecule has 138 valence electrons. The van der Waals surface area contributed by atoms with Crippen molar-refractivity contribution in [1.82, 2.24) is 0 Å². The molecule has 0 radical (unpaired) electrons. The molecule has 0 unspecified atom stereocenters. The van der Waals surface area contributed by atoms with Gasteiger partial charge in [-0.1, -0.05) is 12.1 Å². The van der Waals surface area contributed by atoms with Gasteiger partial charge in [-0.05, 0) is 32.0 Å². The van der Waals surface area contributed by atoms with Gasteiger partial charge in [0.25, 0.3) is 0 Å². The van der Waals surface area contributed by atoms with E-state index in [0.29, 0.717) is 13.2 Å². The molecule has 1 fully saturated rings. The minimum Gasteiger partial charge on any atom is -0.378 e. The monoisotopic (exact) mass is 372 g/mol. The number of hydrogen-bond acceptors (Lipinski definition) is 5. The van der Waals surface area contributed by atoms with Crippen molar-refractivity contribution in [2.45, 2.75) is 26.7 Å². The summed E-state index contributed by atoms with van der Waals surface area (Å²) in [6, 6.07) is 9.68. The van der Waals surface area contributed by atoms with E-state index >= 15 is 0 Å². The van der Waals surface area contributed by atoms with Gasteiger partial charge in [0, 0.05) is 41.2 Å². The molecule has 0 atom stereocenters. The number of benzene rings is 1. The number of ether oxygens (including phenoxy) is 1. The third kappa shape index (κ3) is 4.51. The molecule has 0 spiro atoms. The molecular weight excluding hydrogens is 348 g/mol. The maximum absolute atomic E-state index is 12.4. The van der Waals surface area contributed by atoms with Gasteiger partial charge in [-0.2, -0.15) is 0 Å². The Morgan fingerprint density at radius 1 is 1.15 bits per heavy atom. The number of hydrogen-bond donors (Lipinski definition) is 1. The van der Waals surface area contributed by atoms with E-state index < -0.39 is 0 Å². The highest BCUT2D eigenvalue weighted by molar-refractivity contribution is 7.12. The molecule has 1 saturated heterocycles. The molecule has 0 bridgehead atoms. The van der Waals surface area contributed by atoms with E-state index in [-0.39, 0.29) is 24.5 Å². The van der Waals surface area contributed by atoms with Crippen LogP contribution in [-0.4, -0.2) is 38.0 Å². The Morgan fingerprint density at radius 2 is 1.88 bits per heavy atom. The van der Waals surface area contributed by atoms with Crippen LogP contribution in [0.1, 0.15) is 33.0 Å². The van der Waals surface area contributed by atoms with Crippen LogP contribution in [0.4, 0.5) is 11.4 Å². The number of Topliss-reactive ketones (excluding diaryl/α,β-unsaturated/α-hetero) is 1. The topological polar surface area (TPSA) is 58.6 Å². The normalized spacial score (nSPS) is 14.3. The highest BCUT2D eigenvalue weighted by Crippen LogP contribution is 2.27. The van der Waals surface area contributed by atoms with Crippen LogP contribution in [-0.2, 0) is 9.53 Å². The van der Waals surface area contributed by atoms with E-state index in [2.05, 4.69) is 10.2 Å². The number of amides is 1. The van der Waals surface area contributed by atoms with Crippen LogP contribution >= 0.6 is 11.3 Å². The molecule has 0 saturated carbocycles. The van der Waals surface area contributed by atoms with Crippen LogP contribution < -0.4 is 10.2 Å². The molecule has 3 rings (SSSR count). The average molecular weight is 372 g/mol. The Hall–Kier alpha value is -2.18. The Kier molecular flexibility index (Phi) is 6.06. The molecule has 2 heterocycles. The molecule has 1 N–H and O–H groups in total. The predicted octanol–water partition coefficient (Wildman–Crippen LogP) is 3.80. The Bertz CT molecular complexity index is 794. The first-order valence-corrected chi connectivity index (χ1v) is 9.68. The zero-order valence-corrected chi connectivity index (χ0v) is 16.0. The summed E-state index contributed by atoms with van der Waals surface area (Å²) in [6.45, 7) is 6.93. The zero-order valence-electron chi connectivity index (χ0n) is 15.2. The summed E-state index contributed by atoms with van der Waals surface area (Å²) in [4.78, 5) is 29.1. The molecule has 5 nitrogen and oxygen atoms in total. The molecule has 1 aromatic heterocycles. The summed E-state index contributed by atoms with van der Waals surface area (Å²) in [5.41, 5.74) is 2.53. The predicted molar refractivity (Wildman–Crippen MR) is 105 cm³/mol. The van der Waals surface area contributed by atoms with Gasteiger partial charge in [0.1, 0.15) is 0 Å². The van der Waals surface area contributed by atoms with Crippen LogP contribution in [0.2, 0.25) is 0 Å². The van der Waals surface area contributed by atoms with Crippen LogP contribution in [0.3, 0.4) is 0 Å². The fourth-order valence-corrected chi connectivity index (χ4v) is 4.08. The molecule has 6 heteroatoms. The number of para-hydroxylation sites is 2. The van der Waals surface area contributed by atoms with Crippen molar-refractivity contribution in [1.29, 1.82) is 0 Å². The number of morpholine rings is 1. The van der Waals surface area contributed by atoms with Gasteiger partial charge in [-0.15, -0.1) is 11.3 Å². The molecule has 1 amide bonds. The quantitative estimate of drug-likeness (QED) is 0.784. The minimum absolute atomic E-state index is 0.0310. The summed E-state index contributed by atoms with van der Waals surface area (Å²) >= 11 is 1.62. The van der Waals surface area contributed by atoms with Gasteiger partial charge in [-0.3, -0.25) is 9.59 Å². The summed E-state index contributed by atoms with van der Waals surface area (Å²) in [7, 11) is 0. The number of rotatable bonds is 6. The van der Waals surface area contributed by atoms with E-state index in [1.54, 1.807) is 11.3 Å². The third-order valence-electron chi connectivity index (χ3n) is 4.45. The van der Waals surface area contributed by atoms with E-state index in [1.807, 2.05) is 44.2 Å². The molecule has 26 heavy (non-hydrogen) atoms. The average Bonchev–Trinajstić information content (AvgIpc) is 2.99. The number of carbonyl (C=O) groups is 2. The minimum atomic E-state index is -0.135. The third-order valence-corrected chi connectivity index (χ3v) is 5.42. The van der Waals surface area contributed by atoms with Crippen molar-refractivity contribution in [3.05, 3.63) is 45.6 Å². The Balaban J connectivity index is 1.60. The number of anilines is 2. The largest absolute Gasteiger partial charge is 0.378 e. The lowest BCUT2D eigenvalue weighted by Crippen LogP contribution is -2.36. The molecule has 0 aliphatic carbocycles. The first-order valence-electron chi connectivity index (χ1n) is 8.86. The number of thiophene rings is 1. The second-order valence-corrected chi connectivity index (χ2v) is 7.88. The van der Waals surface area contributed by atoms with Crippen molar-refractivity contribution in [3.8, 4) is 0 Å². The maximum atomic E-state index is 12.4. The van der Waals surface area contributed by atoms with Crippen LogP contribution in [0.5, 0.6) is 0 Å². The van der Waals surface area contributed by atoms with Crippen molar-refractivity contribution in [3.63, 3.8) is 0 Å². The summed E-state index contributed by atoms with van der Waals surface area (Å²) in [5.74, 6) is -0.105. The summed E-state index contributed by atoms with van der Waals surface area (Å²) in [6.07, 6.45) is 0.410. The van der Waals surface area contributed by atoms with Crippen LogP contribution in [0, 0.1) is 13.8 Å². The second kappa shape index (κ2) is 8.47. The standard InChI is InChI=1S/C20H24N2O3S/c1-14-13-16(15(2)26-14)19(23)7-8-20(24)21-17-5-3-4-6-18(17)22-9-11-25-12-10-22/h3-6,13H,7-12H2,1-2H3,(H,21,24). The van der Waals surface area contributed by atoms with Gasteiger partial charge in [-0.25, -0.2) is 0 Å². The zero-order chi connectivity index (χ0) is 18.5. The molecular formula is C20H24N2O3S. The van der Waals surface area contributed by atoms with E-state index in [9.17, 15) is 9.59 Å². The first kappa shape index (κ1) is 18.6. The van der Waals surface area contributed by atoms with E-state index in [4.69, 9.17) is 4.74 Å². The van der Waals surface area contributed by atoms with Crippen molar-refractivity contribution in [2.75, 3.05) is 36.5 Å². The molecule has 1 aliphatic rings. The van der Waals surface area contributed by atoms with E-state index in [1.165, 1.54) is 0 Å². The van der Waals surface area contributed by atoms with Gasteiger partial charge >= 0.3 is 0 Å². The van der Waals surface area contributed by atoms with Crippen molar-refractivity contribution in [2.24, 2.45) is 0 Å². The van der Waals surface area contributed by atoms with Gasteiger partial charge in [0.15, 0.2) is 5.78 Å². The lowest BCUT2D eigenvalue weighted by atomic mass is 10.1. The van der Waals surface area contributed by atoms with Gasteiger partial charge in [0.05, 0.1) is 24.6 Å². The van der Waals surface area contributed by atoms with Gasteiger partial charge < -0.3 is 15.0 Å². The van der Waals surface area contributed by atoms with Crippen molar-refractivity contribution < 1.29 is 14.3 Å². The number of aryl methyl sites for hydroxylation is 2. The maximum Gasteiger partial charge on any atom is 0.224 e. The second-order valence-electron chi connectivity index (χ2n) is 6.41. The number of carbonyl (C=O) groups excluding carboxylic acids is 2. The fraction of sp³-hybridized carbons (Fsp3) is 0.400. The lowest BCUT2D eigenvalue weighted by Gasteiger charge is -2.30. The first-order chi connectivity index (χ1) is 12.5. The molecule has 1 aromatic carbocycles. The Morgan fingerprint density at radius 3 is 2.58 bits per heavy atom. The van der Waals surface area contributed by atoms with E-state index in [0.717, 1.165) is 39.8 Å². The highest BCUT2D eigenvalue weighted by Gasteiger charge is 2.17. The van der Waals surface area contributed by atoms with Crippen molar-refractivity contribution >= 4 is 34.4 Å². The Labute approximate surface area is 158 Å². The van der Waals surface area contributed by atoms with Gasteiger partial charge in [0.2, 0.25) is 5.91 Å².